The zero-order valence-electron chi connectivity index (χ0n) is 19.4. The molecule has 1 heterocycles. The molecule has 2 amide bonds. The van der Waals surface area contributed by atoms with Gasteiger partial charge < -0.3 is 15.0 Å². The Balaban J connectivity index is 1.74. The van der Waals surface area contributed by atoms with Gasteiger partial charge in [0.1, 0.15) is 5.75 Å². The molecule has 0 saturated carbocycles. The molecule has 0 fully saturated rings. The molecule has 0 saturated heterocycles. The standard InChI is InChI=1S/C28H30N2O3/c1-4-29-27(31)20(3)33-24-14-13-21-15-16-30(28(32)22-10-6-5-7-11-22)26(25(21)18-24)23-12-8-9-19(2)17-23/h5-14,17-18,20,26H,4,15-16H2,1-3H3,(H,29,31)/t20-,26+/m0/s1. The first-order valence-corrected chi connectivity index (χ1v) is 11.5. The molecule has 1 aliphatic heterocycles. The van der Waals surface area contributed by atoms with E-state index in [-0.39, 0.29) is 17.9 Å². The van der Waals surface area contributed by atoms with E-state index in [0.29, 0.717) is 24.4 Å². The fourth-order valence-electron chi connectivity index (χ4n) is 4.41. The van der Waals surface area contributed by atoms with Crippen LogP contribution in [0, 0.1) is 6.92 Å². The number of fused-ring (bicyclic) bond motifs is 1. The lowest BCUT2D eigenvalue weighted by molar-refractivity contribution is -0.127. The highest BCUT2D eigenvalue weighted by Gasteiger charge is 2.33. The molecule has 0 radical (unpaired) electrons. The number of nitrogens with one attached hydrogen (secondary N) is 1. The highest BCUT2D eigenvalue weighted by Crippen LogP contribution is 2.38. The number of amides is 2. The molecule has 0 aliphatic carbocycles. The van der Waals surface area contributed by atoms with Crippen molar-refractivity contribution >= 4 is 11.8 Å². The number of carbonyl (C=O) groups is 2. The first kappa shape index (κ1) is 22.6. The summed E-state index contributed by atoms with van der Waals surface area (Å²) in [6.07, 6.45) is 0.161. The second-order valence-corrected chi connectivity index (χ2v) is 8.45. The van der Waals surface area contributed by atoms with Gasteiger partial charge in [-0.15, -0.1) is 0 Å². The van der Waals surface area contributed by atoms with Gasteiger partial charge in [-0.1, -0.05) is 54.1 Å². The van der Waals surface area contributed by atoms with Gasteiger partial charge in [0.25, 0.3) is 11.8 Å². The van der Waals surface area contributed by atoms with Crippen molar-refractivity contribution in [1.82, 2.24) is 10.2 Å². The molecule has 0 aromatic heterocycles. The van der Waals surface area contributed by atoms with Crippen molar-refractivity contribution in [2.45, 2.75) is 39.3 Å². The number of rotatable bonds is 6. The van der Waals surface area contributed by atoms with Crippen molar-refractivity contribution in [3.63, 3.8) is 0 Å². The molecule has 5 heteroatoms. The summed E-state index contributed by atoms with van der Waals surface area (Å²) >= 11 is 0. The fourth-order valence-corrected chi connectivity index (χ4v) is 4.41. The van der Waals surface area contributed by atoms with Gasteiger partial charge in [-0.3, -0.25) is 9.59 Å². The number of ether oxygens (including phenoxy) is 1. The molecule has 5 nitrogen and oxygen atoms in total. The van der Waals surface area contributed by atoms with Crippen molar-refractivity contribution in [3.8, 4) is 5.75 Å². The van der Waals surface area contributed by atoms with Crippen LogP contribution in [-0.4, -0.2) is 35.9 Å². The van der Waals surface area contributed by atoms with Crippen LogP contribution in [0.3, 0.4) is 0 Å². The van der Waals surface area contributed by atoms with Crippen LogP contribution in [0.5, 0.6) is 5.75 Å². The Morgan fingerprint density at radius 1 is 1.06 bits per heavy atom. The molecular weight excluding hydrogens is 412 g/mol. The zero-order chi connectivity index (χ0) is 23.4. The number of carbonyl (C=O) groups excluding carboxylic acids is 2. The van der Waals surface area contributed by atoms with Crippen LogP contribution in [0.15, 0.2) is 72.8 Å². The van der Waals surface area contributed by atoms with E-state index in [4.69, 9.17) is 4.74 Å². The topological polar surface area (TPSA) is 58.6 Å². The Bertz CT molecular complexity index is 1140. The quantitative estimate of drug-likeness (QED) is 0.603. The Hall–Kier alpha value is -3.60. The van der Waals surface area contributed by atoms with E-state index in [1.54, 1.807) is 6.92 Å². The third-order valence-corrected chi connectivity index (χ3v) is 6.02. The molecule has 3 aromatic carbocycles. The molecule has 0 bridgehead atoms. The largest absolute Gasteiger partial charge is 0.481 e. The van der Waals surface area contributed by atoms with Gasteiger partial charge in [0.15, 0.2) is 6.10 Å². The molecule has 4 rings (SSSR count). The van der Waals surface area contributed by atoms with Crippen LogP contribution in [0.1, 0.15) is 52.5 Å². The van der Waals surface area contributed by atoms with E-state index in [1.165, 1.54) is 5.56 Å². The van der Waals surface area contributed by atoms with E-state index in [0.717, 1.165) is 23.1 Å². The molecule has 0 unspecified atom stereocenters. The molecule has 1 aliphatic rings. The second kappa shape index (κ2) is 9.90. The normalized spacial score (nSPS) is 16.0. The maximum atomic E-state index is 13.5. The smallest absolute Gasteiger partial charge is 0.260 e. The molecule has 33 heavy (non-hydrogen) atoms. The number of aryl methyl sites for hydroxylation is 1. The van der Waals surface area contributed by atoms with E-state index < -0.39 is 6.10 Å². The number of hydrogen-bond donors (Lipinski definition) is 1. The summed E-state index contributed by atoms with van der Waals surface area (Å²) in [6, 6.07) is 23.4. The first-order chi connectivity index (χ1) is 16.0. The maximum Gasteiger partial charge on any atom is 0.260 e. The number of nitrogens with zero attached hydrogens (tertiary/aromatic N) is 1. The van der Waals surface area contributed by atoms with Crippen molar-refractivity contribution in [2.24, 2.45) is 0 Å². The summed E-state index contributed by atoms with van der Waals surface area (Å²) in [5.41, 5.74) is 5.11. The number of likely N-dealkylation sites (N-methyl/N-ethyl adjacent to an activating group) is 1. The molecular formula is C28H30N2O3. The SMILES string of the molecule is CCNC(=O)[C@H](C)Oc1ccc2c(c1)[C@@H](c1cccc(C)c1)N(C(=O)c1ccccc1)CC2. The van der Waals surface area contributed by atoms with Gasteiger partial charge in [-0.2, -0.15) is 0 Å². The maximum absolute atomic E-state index is 13.5. The van der Waals surface area contributed by atoms with Crippen LogP contribution in [0.25, 0.3) is 0 Å². The van der Waals surface area contributed by atoms with Gasteiger partial charge in [-0.05, 0) is 68.1 Å². The van der Waals surface area contributed by atoms with Crippen LogP contribution in [0.2, 0.25) is 0 Å². The first-order valence-electron chi connectivity index (χ1n) is 11.5. The predicted molar refractivity (Wildman–Crippen MR) is 129 cm³/mol. The minimum absolute atomic E-state index is 0.00905. The Morgan fingerprint density at radius 2 is 1.85 bits per heavy atom. The van der Waals surface area contributed by atoms with Gasteiger partial charge in [-0.25, -0.2) is 0 Å². The van der Waals surface area contributed by atoms with Gasteiger partial charge >= 0.3 is 0 Å². The number of benzene rings is 3. The van der Waals surface area contributed by atoms with Gasteiger partial charge in [0.05, 0.1) is 6.04 Å². The monoisotopic (exact) mass is 442 g/mol. The van der Waals surface area contributed by atoms with Crippen molar-refractivity contribution in [2.75, 3.05) is 13.1 Å². The van der Waals surface area contributed by atoms with Crippen LogP contribution in [0.4, 0.5) is 0 Å². The highest BCUT2D eigenvalue weighted by atomic mass is 16.5. The summed E-state index contributed by atoms with van der Waals surface area (Å²) in [4.78, 5) is 27.7. The molecule has 3 aromatic rings. The minimum Gasteiger partial charge on any atom is -0.481 e. The van der Waals surface area contributed by atoms with Crippen molar-refractivity contribution < 1.29 is 14.3 Å². The summed E-state index contributed by atoms with van der Waals surface area (Å²) in [5, 5.41) is 2.79. The van der Waals surface area contributed by atoms with E-state index in [1.807, 2.05) is 60.4 Å². The van der Waals surface area contributed by atoms with Crippen molar-refractivity contribution in [3.05, 3.63) is 101 Å². The Labute approximate surface area is 195 Å². The third kappa shape index (κ3) is 4.92. The van der Waals surface area contributed by atoms with Crippen LogP contribution >= 0.6 is 0 Å². The van der Waals surface area contributed by atoms with Crippen molar-refractivity contribution in [1.29, 1.82) is 0 Å². The third-order valence-electron chi connectivity index (χ3n) is 6.02. The van der Waals surface area contributed by atoms with Gasteiger partial charge in [0.2, 0.25) is 0 Å². The average Bonchev–Trinajstić information content (AvgIpc) is 2.83. The number of hydrogen-bond acceptors (Lipinski definition) is 3. The lowest BCUT2D eigenvalue weighted by Crippen LogP contribution is -2.40. The molecule has 2 atom stereocenters. The second-order valence-electron chi connectivity index (χ2n) is 8.45. The zero-order valence-corrected chi connectivity index (χ0v) is 19.4. The van der Waals surface area contributed by atoms with Crippen LogP contribution in [-0.2, 0) is 11.2 Å². The lowest BCUT2D eigenvalue weighted by atomic mass is 9.87. The average molecular weight is 443 g/mol. The van der Waals surface area contributed by atoms with Gasteiger partial charge in [0, 0.05) is 18.7 Å². The Kier molecular flexibility index (Phi) is 6.78. The van der Waals surface area contributed by atoms with Crippen LogP contribution < -0.4 is 10.1 Å². The Morgan fingerprint density at radius 3 is 2.58 bits per heavy atom. The summed E-state index contributed by atoms with van der Waals surface area (Å²) in [5.74, 6) is 0.486. The summed E-state index contributed by atoms with van der Waals surface area (Å²) < 4.78 is 5.97. The minimum atomic E-state index is -0.605. The molecule has 1 N–H and O–H groups in total. The van der Waals surface area contributed by atoms with E-state index >= 15 is 0 Å². The van der Waals surface area contributed by atoms with E-state index in [2.05, 4.69) is 36.5 Å². The highest BCUT2D eigenvalue weighted by molar-refractivity contribution is 5.95. The predicted octanol–water partition coefficient (Wildman–Crippen LogP) is 4.69. The van der Waals surface area contributed by atoms with E-state index in [9.17, 15) is 9.59 Å². The fraction of sp³-hybridized carbons (Fsp3) is 0.286. The molecule has 0 spiro atoms. The lowest BCUT2D eigenvalue weighted by Gasteiger charge is -2.38. The summed E-state index contributed by atoms with van der Waals surface area (Å²) in [6.45, 7) is 6.88. The summed E-state index contributed by atoms with van der Waals surface area (Å²) in [7, 11) is 0. The molecule has 170 valence electrons.